The molecule has 0 atom stereocenters. The van der Waals surface area contributed by atoms with Crippen LogP contribution in [0.2, 0.25) is 0 Å². The second kappa shape index (κ2) is 5.79. The molecule has 3 aromatic rings. The van der Waals surface area contributed by atoms with E-state index in [-0.39, 0.29) is 0 Å². The van der Waals surface area contributed by atoms with Gasteiger partial charge < -0.3 is 9.88 Å². The van der Waals surface area contributed by atoms with Gasteiger partial charge >= 0.3 is 0 Å². The second-order valence-corrected chi connectivity index (χ2v) is 5.15. The van der Waals surface area contributed by atoms with E-state index in [4.69, 9.17) is 0 Å². The van der Waals surface area contributed by atoms with E-state index in [1.807, 2.05) is 23.7 Å². The highest BCUT2D eigenvalue weighted by molar-refractivity contribution is 5.73. The second-order valence-electron chi connectivity index (χ2n) is 5.15. The van der Waals surface area contributed by atoms with Gasteiger partial charge in [-0.1, -0.05) is 42.0 Å². The Morgan fingerprint density at radius 1 is 1.05 bits per heavy atom. The van der Waals surface area contributed by atoms with Crippen LogP contribution in [-0.2, 0) is 13.6 Å². The summed E-state index contributed by atoms with van der Waals surface area (Å²) < 4.78 is 1.92. The molecule has 106 valence electrons. The molecular formula is C17H18N4. The minimum Gasteiger partial charge on any atom is -0.380 e. The molecule has 0 amide bonds. The van der Waals surface area contributed by atoms with Gasteiger partial charge in [-0.3, -0.25) is 0 Å². The predicted molar refractivity (Wildman–Crippen MR) is 84.9 cm³/mol. The molecule has 0 saturated heterocycles. The van der Waals surface area contributed by atoms with Crippen molar-refractivity contribution in [2.24, 2.45) is 7.05 Å². The molecule has 0 aliphatic heterocycles. The molecule has 0 unspecified atom stereocenters. The summed E-state index contributed by atoms with van der Waals surface area (Å²) in [5.74, 6) is 0.863. The molecule has 3 rings (SSSR count). The maximum absolute atomic E-state index is 4.19. The van der Waals surface area contributed by atoms with Crippen molar-refractivity contribution in [2.45, 2.75) is 13.5 Å². The van der Waals surface area contributed by atoms with Gasteiger partial charge in [0.25, 0.3) is 0 Å². The maximum Gasteiger partial charge on any atom is 0.165 e. The zero-order chi connectivity index (χ0) is 14.7. The van der Waals surface area contributed by atoms with Gasteiger partial charge in [0, 0.05) is 24.8 Å². The Kier molecular flexibility index (Phi) is 3.69. The third-order valence-electron chi connectivity index (χ3n) is 3.48. The fourth-order valence-corrected chi connectivity index (χ4v) is 2.26. The van der Waals surface area contributed by atoms with Crippen molar-refractivity contribution in [2.75, 3.05) is 5.32 Å². The van der Waals surface area contributed by atoms with E-state index in [9.17, 15) is 0 Å². The van der Waals surface area contributed by atoms with E-state index in [0.717, 1.165) is 23.6 Å². The molecule has 4 nitrogen and oxygen atoms in total. The van der Waals surface area contributed by atoms with Gasteiger partial charge in [-0.15, -0.1) is 10.2 Å². The molecular weight excluding hydrogens is 260 g/mol. The van der Waals surface area contributed by atoms with E-state index in [2.05, 4.69) is 58.8 Å². The lowest BCUT2D eigenvalue weighted by Gasteiger charge is -2.11. The van der Waals surface area contributed by atoms with Gasteiger partial charge in [0.1, 0.15) is 6.33 Å². The van der Waals surface area contributed by atoms with E-state index in [1.165, 1.54) is 11.1 Å². The van der Waals surface area contributed by atoms with Gasteiger partial charge in [-0.05, 0) is 24.6 Å². The van der Waals surface area contributed by atoms with Crippen LogP contribution in [0.5, 0.6) is 0 Å². The van der Waals surface area contributed by atoms with Crippen molar-refractivity contribution in [3.8, 4) is 11.4 Å². The predicted octanol–water partition coefficient (Wildman–Crippen LogP) is 3.40. The fourth-order valence-electron chi connectivity index (χ4n) is 2.26. The molecule has 0 bridgehead atoms. The standard InChI is InChI=1S/C17H18N4/c1-13-7-9-14(10-8-13)11-18-16-6-4-3-5-15(16)17-20-19-12-21(17)2/h3-10,12,18H,11H2,1-2H3. The Hall–Kier alpha value is -2.62. The van der Waals surface area contributed by atoms with Gasteiger partial charge in [0.05, 0.1) is 0 Å². The Morgan fingerprint density at radius 2 is 1.81 bits per heavy atom. The summed E-state index contributed by atoms with van der Waals surface area (Å²) in [6.45, 7) is 2.88. The van der Waals surface area contributed by atoms with Crippen LogP contribution in [0.3, 0.4) is 0 Å². The minimum atomic E-state index is 0.787. The Balaban J connectivity index is 1.83. The zero-order valence-electron chi connectivity index (χ0n) is 12.2. The number of rotatable bonds is 4. The zero-order valence-corrected chi connectivity index (χ0v) is 12.2. The van der Waals surface area contributed by atoms with Crippen LogP contribution in [0.25, 0.3) is 11.4 Å². The van der Waals surface area contributed by atoms with Crippen LogP contribution in [0, 0.1) is 6.92 Å². The smallest absolute Gasteiger partial charge is 0.165 e. The number of benzene rings is 2. The maximum atomic E-state index is 4.19. The first-order valence-electron chi connectivity index (χ1n) is 6.97. The third kappa shape index (κ3) is 2.94. The number of aromatic nitrogens is 3. The van der Waals surface area contributed by atoms with Gasteiger partial charge in [0.2, 0.25) is 0 Å². The topological polar surface area (TPSA) is 42.7 Å². The molecule has 2 aromatic carbocycles. The quantitative estimate of drug-likeness (QED) is 0.795. The van der Waals surface area contributed by atoms with Crippen molar-refractivity contribution in [1.82, 2.24) is 14.8 Å². The number of anilines is 1. The minimum absolute atomic E-state index is 0.787. The molecule has 0 saturated carbocycles. The van der Waals surface area contributed by atoms with E-state index in [1.54, 1.807) is 6.33 Å². The highest BCUT2D eigenvalue weighted by atomic mass is 15.2. The average molecular weight is 278 g/mol. The van der Waals surface area contributed by atoms with Crippen LogP contribution in [0.4, 0.5) is 5.69 Å². The van der Waals surface area contributed by atoms with Crippen molar-refractivity contribution >= 4 is 5.69 Å². The lowest BCUT2D eigenvalue weighted by atomic mass is 10.1. The summed E-state index contributed by atoms with van der Waals surface area (Å²) in [5.41, 5.74) is 4.66. The Morgan fingerprint density at radius 3 is 2.52 bits per heavy atom. The van der Waals surface area contributed by atoms with Crippen LogP contribution >= 0.6 is 0 Å². The normalized spacial score (nSPS) is 10.6. The van der Waals surface area contributed by atoms with Gasteiger partial charge in [0.15, 0.2) is 5.82 Å². The summed E-state index contributed by atoms with van der Waals surface area (Å²) in [5, 5.41) is 11.6. The van der Waals surface area contributed by atoms with Crippen LogP contribution in [0.1, 0.15) is 11.1 Å². The number of nitrogens with one attached hydrogen (secondary N) is 1. The first kappa shape index (κ1) is 13.4. The lowest BCUT2D eigenvalue weighted by Crippen LogP contribution is -2.02. The molecule has 1 heterocycles. The van der Waals surface area contributed by atoms with Gasteiger partial charge in [-0.25, -0.2) is 0 Å². The largest absolute Gasteiger partial charge is 0.380 e. The van der Waals surface area contributed by atoms with Crippen molar-refractivity contribution in [1.29, 1.82) is 0 Å². The van der Waals surface area contributed by atoms with E-state index in [0.29, 0.717) is 0 Å². The molecule has 0 aliphatic carbocycles. The highest BCUT2D eigenvalue weighted by Crippen LogP contribution is 2.25. The summed E-state index contributed by atoms with van der Waals surface area (Å²) in [6, 6.07) is 16.7. The molecule has 0 radical (unpaired) electrons. The molecule has 21 heavy (non-hydrogen) atoms. The van der Waals surface area contributed by atoms with Crippen molar-refractivity contribution in [3.05, 3.63) is 66.0 Å². The number of hydrogen-bond acceptors (Lipinski definition) is 3. The highest BCUT2D eigenvalue weighted by Gasteiger charge is 2.09. The Labute approximate surface area is 124 Å². The van der Waals surface area contributed by atoms with Crippen molar-refractivity contribution < 1.29 is 0 Å². The number of aryl methyl sites for hydroxylation is 2. The molecule has 0 fully saturated rings. The number of para-hydroxylation sites is 1. The van der Waals surface area contributed by atoms with E-state index < -0.39 is 0 Å². The van der Waals surface area contributed by atoms with Crippen molar-refractivity contribution in [3.63, 3.8) is 0 Å². The monoisotopic (exact) mass is 278 g/mol. The number of nitrogens with zero attached hydrogens (tertiary/aromatic N) is 3. The fraction of sp³-hybridized carbons (Fsp3) is 0.176. The summed E-state index contributed by atoms with van der Waals surface area (Å²) in [6.07, 6.45) is 1.71. The molecule has 1 N–H and O–H groups in total. The SMILES string of the molecule is Cc1ccc(CNc2ccccc2-c2nncn2C)cc1. The summed E-state index contributed by atoms with van der Waals surface area (Å²) in [7, 11) is 1.95. The van der Waals surface area contributed by atoms with Gasteiger partial charge in [-0.2, -0.15) is 0 Å². The van der Waals surface area contributed by atoms with Crippen LogP contribution in [-0.4, -0.2) is 14.8 Å². The lowest BCUT2D eigenvalue weighted by molar-refractivity contribution is 0.919. The molecule has 0 aliphatic rings. The average Bonchev–Trinajstić information content (AvgIpc) is 2.93. The summed E-state index contributed by atoms with van der Waals surface area (Å²) >= 11 is 0. The third-order valence-corrected chi connectivity index (χ3v) is 3.48. The van der Waals surface area contributed by atoms with E-state index >= 15 is 0 Å². The molecule has 0 spiro atoms. The first-order valence-corrected chi connectivity index (χ1v) is 6.97. The van der Waals surface area contributed by atoms with Crippen LogP contribution < -0.4 is 5.32 Å². The first-order chi connectivity index (χ1) is 10.2. The number of hydrogen-bond donors (Lipinski definition) is 1. The summed E-state index contributed by atoms with van der Waals surface area (Å²) in [4.78, 5) is 0. The molecule has 4 heteroatoms. The van der Waals surface area contributed by atoms with Crippen LogP contribution in [0.15, 0.2) is 54.9 Å². The molecule has 1 aromatic heterocycles. The Bertz CT molecular complexity index is 729.